The monoisotopic (exact) mass is 260 g/mol. The fourth-order valence-corrected chi connectivity index (χ4v) is 2.18. The molecule has 2 atom stereocenters. The van der Waals surface area contributed by atoms with Crippen molar-refractivity contribution in [2.45, 2.75) is 19.1 Å². The summed E-state index contributed by atoms with van der Waals surface area (Å²) in [6.45, 7) is 2.68. The van der Waals surface area contributed by atoms with Crippen LogP contribution in [0.3, 0.4) is 0 Å². The van der Waals surface area contributed by atoms with Gasteiger partial charge in [0.05, 0.1) is 30.4 Å². The Hall–Kier alpha value is -1.90. The van der Waals surface area contributed by atoms with Gasteiger partial charge in [-0.05, 0) is 31.2 Å². The Labute approximate surface area is 112 Å². The molecular weight excluding hydrogens is 244 g/mol. The number of morpholine rings is 1. The minimum atomic E-state index is -0.328. The van der Waals surface area contributed by atoms with E-state index in [1.165, 1.54) is 0 Å². The van der Waals surface area contributed by atoms with Gasteiger partial charge in [-0.25, -0.2) is 0 Å². The van der Waals surface area contributed by atoms with Gasteiger partial charge in [0, 0.05) is 18.7 Å². The Bertz CT molecular complexity index is 492. The van der Waals surface area contributed by atoms with Crippen LogP contribution < -0.4 is 0 Å². The SMILES string of the molecule is CC1CN(C(=O)c2ccc(C#N)cc2)CC(CO)O1. The first-order chi connectivity index (χ1) is 9.13. The molecule has 0 spiro atoms. The van der Waals surface area contributed by atoms with E-state index >= 15 is 0 Å². The first-order valence-electron chi connectivity index (χ1n) is 6.19. The summed E-state index contributed by atoms with van der Waals surface area (Å²) >= 11 is 0. The molecule has 1 N–H and O–H groups in total. The Morgan fingerprint density at radius 3 is 2.74 bits per heavy atom. The molecule has 5 nitrogen and oxygen atoms in total. The lowest BCUT2D eigenvalue weighted by Gasteiger charge is -2.36. The highest BCUT2D eigenvalue weighted by atomic mass is 16.5. The van der Waals surface area contributed by atoms with E-state index < -0.39 is 0 Å². The van der Waals surface area contributed by atoms with Crippen molar-refractivity contribution >= 4 is 5.91 Å². The van der Waals surface area contributed by atoms with Crippen LogP contribution in [0.15, 0.2) is 24.3 Å². The molecule has 0 aromatic heterocycles. The fraction of sp³-hybridized carbons (Fsp3) is 0.429. The van der Waals surface area contributed by atoms with Crippen LogP contribution in [0, 0.1) is 11.3 Å². The Morgan fingerprint density at radius 2 is 2.16 bits per heavy atom. The van der Waals surface area contributed by atoms with Crippen molar-refractivity contribution in [3.05, 3.63) is 35.4 Å². The number of carbonyl (C=O) groups excluding carboxylic acids is 1. The van der Waals surface area contributed by atoms with Crippen LogP contribution in [0.4, 0.5) is 0 Å². The summed E-state index contributed by atoms with van der Waals surface area (Å²) in [5, 5.41) is 17.9. The van der Waals surface area contributed by atoms with E-state index in [0.29, 0.717) is 24.2 Å². The molecule has 1 aliphatic rings. The van der Waals surface area contributed by atoms with E-state index in [4.69, 9.17) is 15.1 Å². The maximum atomic E-state index is 12.3. The Balaban J connectivity index is 2.11. The number of hydrogen-bond donors (Lipinski definition) is 1. The Morgan fingerprint density at radius 1 is 1.47 bits per heavy atom. The maximum Gasteiger partial charge on any atom is 0.254 e. The zero-order valence-corrected chi connectivity index (χ0v) is 10.7. The van der Waals surface area contributed by atoms with E-state index in [9.17, 15) is 4.79 Å². The summed E-state index contributed by atoms with van der Waals surface area (Å²) < 4.78 is 5.50. The van der Waals surface area contributed by atoms with Crippen LogP contribution >= 0.6 is 0 Å². The van der Waals surface area contributed by atoms with Gasteiger partial charge >= 0.3 is 0 Å². The van der Waals surface area contributed by atoms with Crippen LogP contribution in [-0.2, 0) is 4.74 Å². The zero-order chi connectivity index (χ0) is 13.8. The number of aliphatic hydroxyl groups excluding tert-OH is 1. The van der Waals surface area contributed by atoms with Crippen molar-refractivity contribution in [2.75, 3.05) is 19.7 Å². The number of nitrogens with zero attached hydrogens (tertiary/aromatic N) is 2. The van der Waals surface area contributed by atoms with E-state index in [2.05, 4.69) is 0 Å². The molecule has 100 valence electrons. The van der Waals surface area contributed by atoms with Gasteiger partial charge < -0.3 is 14.7 Å². The molecule has 1 fully saturated rings. The normalized spacial score (nSPS) is 22.9. The largest absolute Gasteiger partial charge is 0.394 e. The number of amides is 1. The first kappa shape index (κ1) is 13.5. The number of hydrogen-bond acceptors (Lipinski definition) is 4. The summed E-state index contributed by atoms with van der Waals surface area (Å²) in [5.41, 5.74) is 1.07. The number of rotatable bonds is 2. The molecule has 5 heteroatoms. The van der Waals surface area contributed by atoms with Gasteiger partial charge in [-0.3, -0.25) is 4.79 Å². The summed E-state index contributed by atoms with van der Waals surface area (Å²) in [4.78, 5) is 14.0. The van der Waals surface area contributed by atoms with Gasteiger partial charge in [-0.2, -0.15) is 5.26 Å². The maximum absolute atomic E-state index is 12.3. The van der Waals surface area contributed by atoms with Gasteiger partial charge in [0.25, 0.3) is 5.91 Å². The lowest BCUT2D eigenvalue weighted by molar-refractivity contribution is -0.0858. The quantitative estimate of drug-likeness (QED) is 0.852. The van der Waals surface area contributed by atoms with Crippen molar-refractivity contribution < 1.29 is 14.6 Å². The van der Waals surface area contributed by atoms with Crippen molar-refractivity contribution in [1.82, 2.24) is 4.90 Å². The third-order valence-corrected chi connectivity index (χ3v) is 3.08. The molecule has 0 bridgehead atoms. The predicted molar refractivity (Wildman–Crippen MR) is 68.5 cm³/mol. The second kappa shape index (κ2) is 5.83. The van der Waals surface area contributed by atoms with Crippen LogP contribution in [-0.4, -0.2) is 47.8 Å². The smallest absolute Gasteiger partial charge is 0.254 e. The lowest BCUT2D eigenvalue weighted by atomic mass is 10.1. The number of benzene rings is 1. The second-order valence-corrected chi connectivity index (χ2v) is 4.65. The summed E-state index contributed by atoms with van der Waals surface area (Å²) in [6, 6.07) is 8.56. The number of carbonyl (C=O) groups is 1. The van der Waals surface area contributed by atoms with Crippen molar-refractivity contribution in [3.63, 3.8) is 0 Å². The molecule has 0 radical (unpaired) electrons. The highest BCUT2D eigenvalue weighted by Crippen LogP contribution is 2.15. The van der Waals surface area contributed by atoms with Gasteiger partial charge in [0.2, 0.25) is 0 Å². The van der Waals surface area contributed by atoms with E-state index in [1.54, 1.807) is 29.2 Å². The minimum Gasteiger partial charge on any atom is -0.394 e. The summed E-state index contributed by atoms with van der Waals surface area (Å²) in [5.74, 6) is -0.0990. The summed E-state index contributed by atoms with van der Waals surface area (Å²) in [6.07, 6.45) is -0.417. The van der Waals surface area contributed by atoms with Gasteiger partial charge in [-0.15, -0.1) is 0 Å². The highest BCUT2D eigenvalue weighted by molar-refractivity contribution is 5.94. The third kappa shape index (κ3) is 3.11. The topological polar surface area (TPSA) is 73.6 Å². The molecule has 2 unspecified atom stereocenters. The third-order valence-electron chi connectivity index (χ3n) is 3.08. The zero-order valence-electron chi connectivity index (χ0n) is 10.7. The number of ether oxygens (including phenoxy) is 1. The molecule has 1 aromatic carbocycles. The van der Waals surface area contributed by atoms with Crippen LogP contribution in [0.1, 0.15) is 22.8 Å². The molecule has 2 rings (SSSR count). The molecular formula is C14H16N2O3. The molecule has 19 heavy (non-hydrogen) atoms. The van der Waals surface area contributed by atoms with Crippen LogP contribution in [0.5, 0.6) is 0 Å². The second-order valence-electron chi connectivity index (χ2n) is 4.65. The standard InChI is InChI=1S/C14H16N2O3/c1-10-7-16(8-13(9-17)19-10)14(18)12-4-2-11(6-15)3-5-12/h2-5,10,13,17H,7-9H2,1H3. The van der Waals surface area contributed by atoms with Gasteiger partial charge in [0.1, 0.15) is 0 Å². The first-order valence-corrected chi connectivity index (χ1v) is 6.19. The lowest BCUT2D eigenvalue weighted by Crippen LogP contribution is -2.50. The molecule has 1 saturated heterocycles. The van der Waals surface area contributed by atoms with Gasteiger partial charge in [-0.1, -0.05) is 0 Å². The van der Waals surface area contributed by atoms with Crippen LogP contribution in [0.2, 0.25) is 0 Å². The fourth-order valence-electron chi connectivity index (χ4n) is 2.18. The Kier molecular flexibility index (Phi) is 4.15. The molecule has 1 aliphatic heterocycles. The number of aliphatic hydroxyl groups is 1. The van der Waals surface area contributed by atoms with Crippen LogP contribution in [0.25, 0.3) is 0 Å². The van der Waals surface area contributed by atoms with Gasteiger partial charge in [0.15, 0.2) is 0 Å². The predicted octanol–water partition coefficient (Wildman–Crippen LogP) is 0.780. The van der Waals surface area contributed by atoms with E-state index in [-0.39, 0.29) is 24.7 Å². The molecule has 1 heterocycles. The number of nitriles is 1. The van der Waals surface area contributed by atoms with Crippen molar-refractivity contribution in [3.8, 4) is 6.07 Å². The average molecular weight is 260 g/mol. The highest BCUT2D eigenvalue weighted by Gasteiger charge is 2.28. The minimum absolute atomic E-state index is 0.0896. The summed E-state index contributed by atoms with van der Waals surface area (Å²) in [7, 11) is 0. The average Bonchev–Trinajstić information content (AvgIpc) is 2.46. The molecule has 0 saturated carbocycles. The van der Waals surface area contributed by atoms with Crippen molar-refractivity contribution in [2.24, 2.45) is 0 Å². The van der Waals surface area contributed by atoms with E-state index in [0.717, 1.165) is 0 Å². The van der Waals surface area contributed by atoms with E-state index in [1.807, 2.05) is 13.0 Å². The molecule has 1 amide bonds. The van der Waals surface area contributed by atoms with Crippen molar-refractivity contribution in [1.29, 1.82) is 5.26 Å². The molecule has 0 aliphatic carbocycles. The molecule has 1 aromatic rings.